The highest BCUT2D eigenvalue weighted by atomic mass is 32.1. The van der Waals surface area contributed by atoms with Crippen LogP contribution < -0.4 is 0 Å². The van der Waals surface area contributed by atoms with Crippen LogP contribution in [0.15, 0.2) is 29.9 Å². The average Bonchev–Trinajstić information content (AvgIpc) is 2.69. The Morgan fingerprint density at radius 1 is 1.13 bits per heavy atom. The Hall–Kier alpha value is -1.43. The number of rotatable bonds is 1. The fraction of sp³-hybridized carbons (Fsp3) is 0.111. The van der Waals surface area contributed by atoms with E-state index in [-0.39, 0.29) is 5.56 Å². The first-order valence-electron chi connectivity index (χ1n) is 4.01. The molecule has 0 amide bonds. The molecule has 0 fully saturated rings. The van der Waals surface area contributed by atoms with Crippen molar-refractivity contribution in [3.05, 3.63) is 35.6 Å². The molecule has 0 aromatic carbocycles. The van der Waals surface area contributed by atoms with Gasteiger partial charge in [0.2, 0.25) is 0 Å². The molecule has 15 heavy (non-hydrogen) atoms. The largest absolute Gasteiger partial charge is 0.434 e. The molecule has 2 nitrogen and oxygen atoms in total. The second-order valence-electron chi connectivity index (χ2n) is 2.73. The van der Waals surface area contributed by atoms with Gasteiger partial charge in [0.25, 0.3) is 0 Å². The Bertz CT molecular complexity index is 451. The molecule has 0 aliphatic heterocycles. The van der Waals surface area contributed by atoms with Gasteiger partial charge < -0.3 is 0 Å². The summed E-state index contributed by atoms with van der Waals surface area (Å²) in [4.78, 5) is 7.19. The Balaban J connectivity index is 2.58. The summed E-state index contributed by atoms with van der Waals surface area (Å²) in [6.07, 6.45) is -1.85. The molecule has 2 aromatic heterocycles. The van der Waals surface area contributed by atoms with Gasteiger partial charge in [-0.2, -0.15) is 13.2 Å². The number of hydrogen-bond acceptors (Lipinski definition) is 3. The van der Waals surface area contributed by atoms with Crippen LogP contribution in [0.3, 0.4) is 0 Å². The number of pyridine rings is 1. The van der Waals surface area contributed by atoms with Gasteiger partial charge in [-0.05, 0) is 12.1 Å². The van der Waals surface area contributed by atoms with Crippen molar-refractivity contribution < 1.29 is 13.2 Å². The van der Waals surface area contributed by atoms with Crippen molar-refractivity contribution in [3.8, 4) is 10.6 Å². The van der Waals surface area contributed by atoms with E-state index in [9.17, 15) is 13.2 Å². The molecule has 0 unspecified atom stereocenters. The maximum atomic E-state index is 12.6. The van der Waals surface area contributed by atoms with Gasteiger partial charge in [0.15, 0.2) is 5.69 Å². The van der Waals surface area contributed by atoms with E-state index >= 15 is 0 Å². The highest BCUT2D eigenvalue weighted by Crippen LogP contribution is 2.35. The van der Waals surface area contributed by atoms with Crippen molar-refractivity contribution in [1.29, 1.82) is 0 Å². The third kappa shape index (κ3) is 1.99. The second-order valence-corrected chi connectivity index (χ2v) is 3.63. The summed E-state index contributed by atoms with van der Waals surface area (Å²) in [7, 11) is 0. The van der Waals surface area contributed by atoms with Gasteiger partial charge in [-0.25, -0.2) is 4.98 Å². The van der Waals surface area contributed by atoms with Crippen LogP contribution in [0.25, 0.3) is 10.6 Å². The molecule has 0 aliphatic carbocycles. The quantitative estimate of drug-likeness (QED) is 0.751. The van der Waals surface area contributed by atoms with Crippen LogP contribution in [0.2, 0.25) is 0 Å². The third-order valence-corrected chi connectivity index (χ3v) is 2.55. The van der Waals surface area contributed by atoms with Crippen molar-refractivity contribution in [2.45, 2.75) is 6.18 Å². The molecule has 0 aliphatic rings. The van der Waals surface area contributed by atoms with Crippen molar-refractivity contribution in [2.75, 3.05) is 0 Å². The summed E-state index contributed by atoms with van der Waals surface area (Å²) in [6, 6.07) is 2.83. The summed E-state index contributed by atoms with van der Waals surface area (Å²) in [5.74, 6) is 0. The lowest BCUT2D eigenvalue weighted by Crippen LogP contribution is -2.09. The predicted octanol–water partition coefficient (Wildman–Crippen LogP) is 3.22. The summed E-state index contributed by atoms with van der Waals surface area (Å²) < 4.78 is 37.7. The minimum absolute atomic E-state index is 0.0278. The Morgan fingerprint density at radius 2 is 1.93 bits per heavy atom. The van der Waals surface area contributed by atoms with Crippen LogP contribution in [0.5, 0.6) is 0 Å². The van der Waals surface area contributed by atoms with E-state index in [1.807, 2.05) is 0 Å². The van der Waals surface area contributed by atoms with Crippen LogP contribution >= 0.6 is 11.3 Å². The van der Waals surface area contributed by atoms with Gasteiger partial charge >= 0.3 is 6.18 Å². The smallest absolute Gasteiger partial charge is 0.251 e. The molecule has 78 valence electrons. The van der Waals surface area contributed by atoms with E-state index in [1.54, 1.807) is 5.38 Å². The van der Waals surface area contributed by atoms with Gasteiger partial charge in [0.1, 0.15) is 5.01 Å². The lowest BCUT2D eigenvalue weighted by molar-refractivity contribution is -0.140. The highest BCUT2D eigenvalue weighted by Gasteiger charge is 2.35. The SMILES string of the molecule is FC(F)(F)c1ncccc1-c1nccs1. The summed E-state index contributed by atoms with van der Waals surface area (Å²) in [6.45, 7) is 0. The third-order valence-electron chi connectivity index (χ3n) is 1.74. The van der Waals surface area contributed by atoms with Crippen molar-refractivity contribution in [3.63, 3.8) is 0 Å². The van der Waals surface area contributed by atoms with E-state index in [2.05, 4.69) is 9.97 Å². The van der Waals surface area contributed by atoms with Crippen LogP contribution in [0, 0.1) is 0 Å². The van der Waals surface area contributed by atoms with Crippen LogP contribution in [0.4, 0.5) is 13.2 Å². The maximum Gasteiger partial charge on any atom is 0.434 e. The van der Waals surface area contributed by atoms with E-state index in [1.165, 1.54) is 18.3 Å². The van der Waals surface area contributed by atoms with Crippen molar-refractivity contribution >= 4 is 11.3 Å². The van der Waals surface area contributed by atoms with E-state index in [4.69, 9.17) is 0 Å². The summed E-state index contributed by atoms with van der Waals surface area (Å²) in [5, 5.41) is 1.96. The van der Waals surface area contributed by atoms with Gasteiger partial charge in [-0.15, -0.1) is 11.3 Å². The van der Waals surface area contributed by atoms with Crippen molar-refractivity contribution in [1.82, 2.24) is 9.97 Å². The molecular formula is C9H5F3N2S. The number of alkyl halides is 3. The van der Waals surface area contributed by atoms with Crippen LogP contribution in [-0.2, 0) is 6.18 Å². The predicted molar refractivity (Wildman–Crippen MR) is 50.3 cm³/mol. The maximum absolute atomic E-state index is 12.6. The first-order valence-corrected chi connectivity index (χ1v) is 4.89. The lowest BCUT2D eigenvalue weighted by Gasteiger charge is -2.08. The normalized spacial score (nSPS) is 11.7. The molecule has 6 heteroatoms. The number of nitrogens with zero attached hydrogens (tertiary/aromatic N) is 2. The molecule has 0 atom stereocenters. The second kappa shape index (κ2) is 3.62. The minimum atomic E-state index is -4.44. The average molecular weight is 230 g/mol. The van der Waals surface area contributed by atoms with Gasteiger partial charge in [0.05, 0.1) is 0 Å². The summed E-state index contributed by atoms with van der Waals surface area (Å²) >= 11 is 1.16. The van der Waals surface area contributed by atoms with Crippen LogP contribution in [0.1, 0.15) is 5.69 Å². The number of hydrogen-bond donors (Lipinski definition) is 0. The standard InChI is InChI=1S/C9H5F3N2S/c10-9(11,12)7-6(2-1-3-13-7)8-14-4-5-15-8/h1-5H. The lowest BCUT2D eigenvalue weighted by atomic mass is 10.2. The molecule has 0 N–H and O–H groups in total. The van der Waals surface area contributed by atoms with Gasteiger partial charge in [-0.1, -0.05) is 0 Å². The Morgan fingerprint density at radius 3 is 2.53 bits per heavy atom. The zero-order chi connectivity index (χ0) is 10.9. The zero-order valence-corrected chi connectivity index (χ0v) is 8.14. The number of halogens is 3. The summed E-state index contributed by atoms with van der Waals surface area (Å²) in [5.41, 5.74) is -0.861. The number of thiazole rings is 1. The number of aromatic nitrogens is 2. The van der Waals surface area contributed by atoms with E-state index in [0.29, 0.717) is 5.01 Å². The first-order chi connectivity index (χ1) is 7.09. The fourth-order valence-corrected chi connectivity index (χ4v) is 1.82. The monoisotopic (exact) mass is 230 g/mol. The molecule has 2 aromatic rings. The van der Waals surface area contributed by atoms with Crippen molar-refractivity contribution in [2.24, 2.45) is 0 Å². The first kappa shape index (κ1) is 10.1. The molecule has 0 saturated heterocycles. The Labute approximate surface area is 87.4 Å². The van der Waals surface area contributed by atoms with E-state index in [0.717, 1.165) is 17.5 Å². The molecular weight excluding hydrogens is 225 g/mol. The molecule has 2 heterocycles. The molecule has 0 bridgehead atoms. The topological polar surface area (TPSA) is 25.8 Å². The molecule has 0 spiro atoms. The molecule has 0 radical (unpaired) electrons. The highest BCUT2D eigenvalue weighted by molar-refractivity contribution is 7.13. The van der Waals surface area contributed by atoms with Gasteiger partial charge in [-0.3, -0.25) is 4.98 Å². The zero-order valence-electron chi connectivity index (χ0n) is 7.32. The van der Waals surface area contributed by atoms with E-state index < -0.39 is 11.9 Å². The van der Waals surface area contributed by atoms with Crippen LogP contribution in [-0.4, -0.2) is 9.97 Å². The minimum Gasteiger partial charge on any atom is -0.251 e. The Kier molecular flexibility index (Phi) is 2.44. The molecule has 2 rings (SSSR count). The van der Waals surface area contributed by atoms with Gasteiger partial charge in [0, 0.05) is 23.3 Å². The fourth-order valence-electron chi connectivity index (χ4n) is 1.16. The molecule has 0 saturated carbocycles.